The normalized spacial score (nSPS) is 11.5. The molecule has 2 N–H and O–H groups in total. The summed E-state index contributed by atoms with van der Waals surface area (Å²) in [5.74, 6) is 1.17. The smallest absolute Gasteiger partial charge is 0.192 e. The molecule has 27 heavy (non-hydrogen) atoms. The van der Waals surface area contributed by atoms with Crippen LogP contribution in [0.2, 0.25) is 0 Å². The van der Waals surface area contributed by atoms with Gasteiger partial charge in [0.2, 0.25) is 0 Å². The lowest BCUT2D eigenvalue weighted by molar-refractivity contribution is 0.547. The monoisotopic (exact) mass is 502 g/mol. The van der Waals surface area contributed by atoms with Gasteiger partial charge in [-0.1, -0.05) is 0 Å². The number of nitrogens with one attached hydrogen (secondary N) is 2. The number of hydrogen-bond acceptors (Lipinski definition) is 4. The van der Waals surface area contributed by atoms with Crippen molar-refractivity contribution in [2.24, 2.45) is 4.99 Å². The second-order valence-corrected chi connectivity index (χ2v) is 7.38. The van der Waals surface area contributed by atoms with Gasteiger partial charge in [-0.2, -0.15) is 0 Å². The molecule has 2 aromatic heterocycles. The lowest BCUT2D eigenvalue weighted by Crippen LogP contribution is -2.36. The van der Waals surface area contributed by atoms with Crippen LogP contribution in [0.15, 0.2) is 27.6 Å². The number of aliphatic imine (C=N–C) groups is 1. The molecule has 5 nitrogen and oxygen atoms in total. The number of thiazole rings is 1. The van der Waals surface area contributed by atoms with Crippen molar-refractivity contribution in [3.63, 3.8) is 0 Å². The molecule has 0 radical (unpaired) electrons. The molecular weight excluding hydrogens is 478 g/mol. The van der Waals surface area contributed by atoms with Gasteiger partial charge in [-0.3, -0.25) is 0 Å². The standard InChI is InChI=1S/C19H23FN4OS.HI/c1-5-21-19(23-10-18-24-12(3)13(4)26-18)22-9-17-11(2)15-8-14(20)6-7-16(15)25-17;/h6-8H,5,9-10H2,1-4H3,(H2,21,22,23);1H. The molecule has 0 fully saturated rings. The van der Waals surface area contributed by atoms with E-state index in [0.717, 1.165) is 34.0 Å². The van der Waals surface area contributed by atoms with Crippen molar-refractivity contribution >= 4 is 52.2 Å². The molecule has 0 atom stereocenters. The Labute approximate surface area is 179 Å². The first kappa shape index (κ1) is 21.6. The van der Waals surface area contributed by atoms with Gasteiger partial charge in [-0.25, -0.2) is 14.4 Å². The summed E-state index contributed by atoms with van der Waals surface area (Å²) in [6, 6.07) is 4.56. The summed E-state index contributed by atoms with van der Waals surface area (Å²) in [5, 5.41) is 8.34. The first-order valence-corrected chi connectivity index (χ1v) is 9.42. The van der Waals surface area contributed by atoms with Crippen LogP contribution in [0.1, 0.15) is 33.8 Å². The molecule has 0 aliphatic heterocycles. The fourth-order valence-electron chi connectivity index (χ4n) is 2.66. The average Bonchev–Trinajstić information content (AvgIpc) is 3.10. The third-order valence-corrected chi connectivity index (χ3v) is 5.27. The number of aryl methyl sites for hydroxylation is 3. The highest BCUT2D eigenvalue weighted by atomic mass is 127. The number of nitrogens with zero attached hydrogens (tertiary/aromatic N) is 2. The Morgan fingerprint density at radius 1 is 1.26 bits per heavy atom. The number of aromatic nitrogens is 1. The molecule has 8 heteroatoms. The van der Waals surface area contributed by atoms with Gasteiger partial charge in [0.15, 0.2) is 5.96 Å². The largest absolute Gasteiger partial charge is 0.459 e. The highest BCUT2D eigenvalue weighted by Gasteiger charge is 2.11. The van der Waals surface area contributed by atoms with Crippen molar-refractivity contribution in [3.8, 4) is 0 Å². The number of benzene rings is 1. The zero-order valence-corrected chi connectivity index (χ0v) is 19.0. The SMILES string of the molecule is CCNC(=NCc1oc2ccc(F)cc2c1C)NCc1nc(C)c(C)s1.I. The summed E-state index contributed by atoms with van der Waals surface area (Å²) in [4.78, 5) is 10.4. The number of rotatable bonds is 5. The first-order valence-electron chi connectivity index (χ1n) is 8.60. The van der Waals surface area contributed by atoms with Crippen molar-refractivity contribution in [1.29, 1.82) is 0 Å². The lowest BCUT2D eigenvalue weighted by atomic mass is 10.1. The maximum Gasteiger partial charge on any atom is 0.192 e. The molecule has 3 aromatic rings. The van der Waals surface area contributed by atoms with Crippen LogP contribution in [-0.2, 0) is 13.1 Å². The highest BCUT2D eigenvalue weighted by molar-refractivity contribution is 14.0. The zero-order chi connectivity index (χ0) is 18.7. The van der Waals surface area contributed by atoms with Gasteiger partial charge in [-0.05, 0) is 45.9 Å². The molecule has 2 heterocycles. The summed E-state index contributed by atoms with van der Waals surface area (Å²) < 4.78 is 19.3. The molecule has 1 aromatic carbocycles. The Bertz CT molecular complexity index is 931. The number of hydrogen-bond donors (Lipinski definition) is 2. The van der Waals surface area contributed by atoms with Crippen LogP contribution in [0.3, 0.4) is 0 Å². The fourth-order valence-corrected chi connectivity index (χ4v) is 3.54. The molecule has 0 saturated heterocycles. The third-order valence-electron chi connectivity index (χ3n) is 4.20. The van der Waals surface area contributed by atoms with Gasteiger partial charge in [0.1, 0.15) is 28.7 Å². The molecule has 3 rings (SSSR count). The Morgan fingerprint density at radius 2 is 2.04 bits per heavy atom. The predicted octanol–water partition coefficient (Wildman–Crippen LogP) is 4.83. The van der Waals surface area contributed by atoms with E-state index in [1.165, 1.54) is 17.0 Å². The van der Waals surface area contributed by atoms with E-state index in [1.807, 2.05) is 20.8 Å². The van der Waals surface area contributed by atoms with Gasteiger partial charge >= 0.3 is 0 Å². The maximum absolute atomic E-state index is 13.4. The Balaban J connectivity index is 0.00000261. The molecule has 0 aliphatic carbocycles. The van der Waals surface area contributed by atoms with Crippen molar-refractivity contribution in [2.45, 2.75) is 40.8 Å². The van der Waals surface area contributed by atoms with Crippen molar-refractivity contribution in [3.05, 3.63) is 50.9 Å². The summed E-state index contributed by atoms with van der Waals surface area (Å²) >= 11 is 1.69. The van der Waals surface area contributed by atoms with Gasteiger partial charge in [0, 0.05) is 22.4 Å². The molecule has 0 spiro atoms. The number of fused-ring (bicyclic) bond motifs is 1. The minimum atomic E-state index is -0.263. The number of furan rings is 1. The van der Waals surface area contributed by atoms with E-state index in [4.69, 9.17) is 4.42 Å². The van der Waals surface area contributed by atoms with Gasteiger partial charge in [0.25, 0.3) is 0 Å². The molecule has 0 saturated carbocycles. The van der Waals surface area contributed by atoms with Gasteiger partial charge in [0.05, 0.1) is 12.2 Å². The Hall–Kier alpha value is -1.68. The summed E-state index contributed by atoms with van der Waals surface area (Å²) in [5.41, 5.74) is 2.67. The van der Waals surface area contributed by atoms with E-state index in [9.17, 15) is 4.39 Å². The van der Waals surface area contributed by atoms with Crippen LogP contribution in [-0.4, -0.2) is 17.5 Å². The van der Waals surface area contributed by atoms with Crippen LogP contribution in [0, 0.1) is 26.6 Å². The fraction of sp³-hybridized carbons (Fsp3) is 0.368. The Morgan fingerprint density at radius 3 is 2.70 bits per heavy atom. The van der Waals surface area contributed by atoms with Crippen LogP contribution < -0.4 is 10.6 Å². The second kappa shape index (κ2) is 9.50. The number of guanidine groups is 1. The molecule has 0 bridgehead atoms. The van der Waals surface area contributed by atoms with E-state index in [2.05, 4.69) is 27.5 Å². The summed E-state index contributed by atoms with van der Waals surface area (Å²) in [6.45, 7) is 9.79. The van der Waals surface area contributed by atoms with E-state index in [0.29, 0.717) is 24.6 Å². The summed E-state index contributed by atoms with van der Waals surface area (Å²) in [6.07, 6.45) is 0. The molecule has 0 aliphatic rings. The van der Waals surface area contributed by atoms with Crippen molar-refractivity contribution in [2.75, 3.05) is 6.54 Å². The summed E-state index contributed by atoms with van der Waals surface area (Å²) in [7, 11) is 0. The third kappa shape index (κ3) is 5.19. The molecule has 146 valence electrons. The van der Waals surface area contributed by atoms with E-state index in [-0.39, 0.29) is 29.8 Å². The molecule has 0 unspecified atom stereocenters. The molecular formula is C19H24FIN4OS. The minimum Gasteiger partial charge on any atom is -0.459 e. The van der Waals surface area contributed by atoms with Crippen molar-refractivity contribution in [1.82, 2.24) is 15.6 Å². The first-order chi connectivity index (χ1) is 12.5. The zero-order valence-electron chi connectivity index (χ0n) is 15.9. The van der Waals surface area contributed by atoms with E-state index < -0.39 is 0 Å². The van der Waals surface area contributed by atoms with Gasteiger partial charge in [-0.15, -0.1) is 35.3 Å². The van der Waals surface area contributed by atoms with E-state index >= 15 is 0 Å². The molecule has 0 amide bonds. The van der Waals surface area contributed by atoms with Crippen LogP contribution in [0.5, 0.6) is 0 Å². The maximum atomic E-state index is 13.4. The topological polar surface area (TPSA) is 62.5 Å². The Kier molecular flexibility index (Phi) is 7.60. The lowest BCUT2D eigenvalue weighted by Gasteiger charge is -2.09. The minimum absolute atomic E-state index is 0. The number of halogens is 2. The highest BCUT2D eigenvalue weighted by Crippen LogP contribution is 2.26. The second-order valence-electron chi connectivity index (χ2n) is 6.09. The van der Waals surface area contributed by atoms with E-state index in [1.54, 1.807) is 17.4 Å². The van der Waals surface area contributed by atoms with Crippen LogP contribution >= 0.6 is 35.3 Å². The quantitative estimate of drug-likeness (QED) is 0.298. The average molecular weight is 502 g/mol. The van der Waals surface area contributed by atoms with Crippen LogP contribution in [0.4, 0.5) is 4.39 Å². The van der Waals surface area contributed by atoms with Crippen molar-refractivity contribution < 1.29 is 8.81 Å². The van der Waals surface area contributed by atoms with Crippen LogP contribution in [0.25, 0.3) is 11.0 Å². The van der Waals surface area contributed by atoms with Gasteiger partial charge < -0.3 is 15.1 Å². The predicted molar refractivity (Wildman–Crippen MR) is 120 cm³/mol.